The second-order valence-electron chi connectivity index (χ2n) is 7.95. The molecule has 3 N–H and O–H groups in total. The second-order valence-corrected chi connectivity index (χ2v) is 7.95. The summed E-state index contributed by atoms with van der Waals surface area (Å²) in [6.45, 7) is 11.1. The zero-order chi connectivity index (χ0) is 21.5. The number of hydrogen-bond donors (Lipinski definition) is 3. The standard InChI is InChI=1S/C14H21N4O5.C5H11.Y/c1-13(2,3)23-12(22)18-6-8(5-9(19)15-4)14(7-18)10(20)16-11(21)17-14;1-3-5-4-2;/h8H,4-7H2,1-3H3,(H,15,19)(H2,16,17,20,21);1,3-5H2,2H3;/q2*-1;. The van der Waals surface area contributed by atoms with Crippen LogP contribution in [-0.4, -0.2) is 53.1 Å². The fraction of sp³-hybridized carbons (Fsp3) is 0.684. The maximum absolute atomic E-state index is 12.2. The van der Waals surface area contributed by atoms with Crippen LogP contribution in [0, 0.1) is 19.9 Å². The van der Waals surface area contributed by atoms with E-state index in [1.165, 1.54) is 17.7 Å². The van der Waals surface area contributed by atoms with Crippen molar-refractivity contribution in [2.45, 2.75) is 64.5 Å². The Bertz CT molecular complexity index is 606. The van der Waals surface area contributed by atoms with Crippen LogP contribution in [-0.2, 0) is 47.0 Å². The molecule has 0 bridgehead atoms. The predicted octanol–water partition coefficient (Wildman–Crippen LogP) is 1.74. The van der Waals surface area contributed by atoms with Crippen LogP contribution in [0.3, 0.4) is 0 Å². The van der Waals surface area contributed by atoms with Crippen molar-refractivity contribution in [1.29, 1.82) is 0 Å². The van der Waals surface area contributed by atoms with Gasteiger partial charge in [-0.05, 0) is 20.8 Å². The van der Waals surface area contributed by atoms with Crippen LogP contribution in [0.25, 0.3) is 0 Å². The van der Waals surface area contributed by atoms with Crippen molar-refractivity contribution in [2.75, 3.05) is 13.1 Å². The van der Waals surface area contributed by atoms with Gasteiger partial charge in [0.15, 0.2) is 5.91 Å². The molecule has 5 amide bonds. The molecule has 2 heterocycles. The summed E-state index contributed by atoms with van der Waals surface area (Å²) in [7, 11) is 3.29. The Morgan fingerprint density at radius 1 is 1.34 bits per heavy atom. The van der Waals surface area contributed by atoms with Crippen LogP contribution in [0.4, 0.5) is 9.59 Å². The molecule has 0 aromatic heterocycles. The van der Waals surface area contributed by atoms with Gasteiger partial charge in [-0.1, -0.05) is 19.8 Å². The summed E-state index contributed by atoms with van der Waals surface area (Å²) in [5.41, 5.74) is -2.01. The predicted molar refractivity (Wildman–Crippen MR) is 104 cm³/mol. The maximum Gasteiger partial charge on any atom is 0.410 e. The molecule has 10 heteroatoms. The van der Waals surface area contributed by atoms with E-state index < -0.39 is 35.1 Å². The number of carbonyl (C=O) groups excluding carboxylic acids is 4. The minimum Gasteiger partial charge on any atom is -0.508 e. The summed E-state index contributed by atoms with van der Waals surface area (Å²) < 4.78 is 5.30. The molecule has 1 spiro atoms. The maximum atomic E-state index is 12.2. The molecule has 2 saturated heterocycles. The number of likely N-dealkylation sites (tertiary alicyclic amines) is 1. The average molecular weight is 485 g/mol. The fourth-order valence-corrected chi connectivity index (χ4v) is 3.07. The minimum absolute atomic E-state index is 0. The normalized spacial score (nSPS) is 22.8. The Balaban J connectivity index is 0.00000117. The Kier molecular flexibility index (Phi) is 11.3. The summed E-state index contributed by atoms with van der Waals surface area (Å²) in [5, 5.41) is 6.96. The van der Waals surface area contributed by atoms with Crippen molar-refractivity contribution in [3.8, 4) is 0 Å². The molecule has 2 aliphatic heterocycles. The van der Waals surface area contributed by atoms with Crippen molar-refractivity contribution < 1.29 is 56.6 Å². The number of carbonyl (C=O) groups is 4. The van der Waals surface area contributed by atoms with E-state index in [1.54, 1.807) is 20.8 Å². The van der Waals surface area contributed by atoms with Crippen LogP contribution in [0.2, 0.25) is 0 Å². The summed E-state index contributed by atoms with van der Waals surface area (Å²) >= 11 is 0. The van der Waals surface area contributed by atoms with Crippen LogP contribution in [0.5, 0.6) is 0 Å². The quantitative estimate of drug-likeness (QED) is 0.414. The van der Waals surface area contributed by atoms with Gasteiger partial charge in [0, 0.05) is 51.6 Å². The van der Waals surface area contributed by atoms with Crippen molar-refractivity contribution >= 4 is 23.9 Å². The fourth-order valence-electron chi connectivity index (χ4n) is 3.07. The van der Waals surface area contributed by atoms with Crippen LogP contribution >= 0.6 is 0 Å². The second kappa shape index (κ2) is 11.8. The molecule has 2 aliphatic rings. The van der Waals surface area contributed by atoms with E-state index in [4.69, 9.17) is 4.74 Å². The van der Waals surface area contributed by atoms with Crippen molar-refractivity contribution in [2.24, 2.45) is 5.92 Å². The van der Waals surface area contributed by atoms with E-state index in [0.717, 1.165) is 6.42 Å². The summed E-state index contributed by atoms with van der Waals surface area (Å²) in [5.74, 6) is -1.49. The molecule has 1 radical (unpaired) electrons. The number of ether oxygens (including phenoxy) is 1. The molecule has 2 fully saturated rings. The Morgan fingerprint density at radius 3 is 2.34 bits per heavy atom. The van der Waals surface area contributed by atoms with E-state index in [0.29, 0.717) is 0 Å². The summed E-state index contributed by atoms with van der Waals surface area (Å²) in [6, 6.07) is -0.638. The third-order valence-corrected chi connectivity index (χ3v) is 4.43. The number of rotatable bonds is 4. The van der Waals surface area contributed by atoms with Gasteiger partial charge in [-0.3, -0.25) is 22.0 Å². The van der Waals surface area contributed by atoms with Gasteiger partial charge in [0.2, 0.25) is 0 Å². The average Bonchev–Trinajstić information content (AvgIpc) is 3.07. The van der Waals surface area contributed by atoms with E-state index in [2.05, 4.69) is 36.8 Å². The first kappa shape index (κ1) is 27.8. The summed E-state index contributed by atoms with van der Waals surface area (Å²) in [6.07, 6.45) is 3.01. The third kappa shape index (κ3) is 7.85. The molecular weight excluding hydrogens is 453 g/mol. The number of imide groups is 1. The first-order chi connectivity index (χ1) is 13.0. The Hall–Kier alpha value is -1.22. The van der Waals surface area contributed by atoms with Gasteiger partial charge in [0.1, 0.15) is 11.1 Å². The Morgan fingerprint density at radius 2 is 1.97 bits per heavy atom. The zero-order valence-electron chi connectivity index (χ0n) is 17.8. The van der Waals surface area contributed by atoms with Crippen molar-refractivity contribution in [1.82, 2.24) is 20.9 Å². The Labute approximate surface area is 198 Å². The molecule has 0 aromatic carbocycles. The number of hydrogen-bond acceptors (Lipinski definition) is 5. The summed E-state index contributed by atoms with van der Waals surface area (Å²) in [4.78, 5) is 49.0. The van der Waals surface area contributed by atoms with Crippen LogP contribution in [0.1, 0.15) is 53.4 Å². The van der Waals surface area contributed by atoms with Gasteiger partial charge in [0.25, 0.3) is 5.91 Å². The monoisotopic (exact) mass is 485 g/mol. The molecule has 2 atom stereocenters. The minimum atomic E-state index is -1.32. The van der Waals surface area contributed by atoms with E-state index in [-0.39, 0.29) is 58.1 Å². The first-order valence-electron chi connectivity index (χ1n) is 9.45. The van der Waals surface area contributed by atoms with Gasteiger partial charge < -0.3 is 27.2 Å². The number of nitrogens with one attached hydrogen (secondary N) is 3. The van der Waals surface area contributed by atoms with E-state index in [1.807, 2.05) is 0 Å². The van der Waals surface area contributed by atoms with Gasteiger partial charge >= 0.3 is 12.1 Å². The van der Waals surface area contributed by atoms with E-state index in [9.17, 15) is 19.2 Å². The van der Waals surface area contributed by atoms with E-state index >= 15 is 0 Å². The molecule has 163 valence electrons. The number of urea groups is 1. The largest absolute Gasteiger partial charge is 0.508 e. The van der Waals surface area contributed by atoms with Gasteiger partial charge in [-0.25, -0.2) is 9.59 Å². The first-order valence-corrected chi connectivity index (χ1v) is 9.45. The number of nitrogens with zero attached hydrogens (tertiary/aromatic N) is 1. The van der Waals surface area contributed by atoms with Crippen molar-refractivity contribution in [3.63, 3.8) is 0 Å². The van der Waals surface area contributed by atoms with Crippen LogP contribution in [0.15, 0.2) is 0 Å². The smallest absolute Gasteiger partial charge is 0.410 e. The number of unbranched alkanes of at least 4 members (excludes halogenated alkanes) is 2. The molecule has 0 saturated carbocycles. The topological polar surface area (TPSA) is 117 Å². The SMILES string of the molecule is [CH2-]CCCC.[CH2-]NC(=O)CC1CN(C(=O)OC(C)(C)C)CC12NC(=O)NC2=O.[Y]. The van der Waals surface area contributed by atoms with Gasteiger partial charge in [-0.2, -0.15) is 6.42 Å². The molecule has 0 aromatic rings. The van der Waals surface area contributed by atoms with Crippen LogP contribution < -0.4 is 16.0 Å². The zero-order valence-corrected chi connectivity index (χ0v) is 20.6. The molecule has 9 nitrogen and oxygen atoms in total. The molecule has 2 unspecified atom stereocenters. The molecule has 29 heavy (non-hydrogen) atoms. The third-order valence-electron chi connectivity index (χ3n) is 4.43. The molecule has 0 aliphatic carbocycles. The number of amides is 5. The molecular formula is C19H32N4O5Y-2. The van der Waals surface area contributed by atoms with Gasteiger partial charge in [-0.15, -0.1) is 0 Å². The van der Waals surface area contributed by atoms with Gasteiger partial charge in [0.05, 0.1) is 6.54 Å². The molecule has 2 rings (SSSR count). The van der Waals surface area contributed by atoms with Crippen molar-refractivity contribution in [3.05, 3.63) is 14.0 Å².